The third-order valence-electron chi connectivity index (χ3n) is 5.71. The van der Waals surface area contributed by atoms with Crippen LogP contribution in [0.25, 0.3) is 0 Å². The normalized spacial score (nSPS) is 17.3. The molecule has 0 radical (unpaired) electrons. The predicted octanol–water partition coefficient (Wildman–Crippen LogP) is 4.43. The molecule has 31 heavy (non-hydrogen) atoms. The SMILES string of the molecule is CC(=O)c1ccc(OCC(O)CN(Cc2ccc(C(C)C)cc2)CC2CCCO2)cc1. The Bertz CT molecular complexity index is 810. The molecular formula is C26H35NO4. The fourth-order valence-corrected chi connectivity index (χ4v) is 3.88. The van der Waals surface area contributed by atoms with Crippen LogP contribution in [0.1, 0.15) is 61.0 Å². The van der Waals surface area contributed by atoms with E-state index >= 15 is 0 Å². The topological polar surface area (TPSA) is 59.0 Å². The van der Waals surface area contributed by atoms with Crippen molar-refractivity contribution in [1.29, 1.82) is 0 Å². The number of aliphatic hydroxyl groups is 1. The minimum atomic E-state index is -0.621. The Morgan fingerprint density at radius 3 is 2.45 bits per heavy atom. The monoisotopic (exact) mass is 425 g/mol. The van der Waals surface area contributed by atoms with Crippen LogP contribution in [-0.2, 0) is 11.3 Å². The zero-order valence-electron chi connectivity index (χ0n) is 18.9. The van der Waals surface area contributed by atoms with Gasteiger partial charge in [0, 0.05) is 31.8 Å². The maximum absolute atomic E-state index is 11.4. The molecule has 0 saturated carbocycles. The minimum Gasteiger partial charge on any atom is -0.491 e. The second-order valence-corrected chi connectivity index (χ2v) is 8.77. The zero-order valence-corrected chi connectivity index (χ0v) is 18.9. The highest BCUT2D eigenvalue weighted by atomic mass is 16.5. The van der Waals surface area contributed by atoms with Gasteiger partial charge in [-0.05, 0) is 61.1 Å². The summed E-state index contributed by atoms with van der Waals surface area (Å²) in [4.78, 5) is 13.6. The van der Waals surface area contributed by atoms with Crippen molar-refractivity contribution in [1.82, 2.24) is 4.90 Å². The van der Waals surface area contributed by atoms with E-state index in [2.05, 4.69) is 43.0 Å². The molecule has 1 N–H and O–H groups in total. The largest absolute Gasteiger partial charge is 0.491 e. The highest BCUT2D eigenvalue weighted by Gasteiger charge is 2.21. The van der Waals surface area contributed by atoms with E-state index in [4.69, 9.17) is 9.47 Å². The second kappa shape index (κ2) is 11.4. The Balaban J connectivity index is 1.56. The van der Waals surface area contributed by atoms with E-state index in [9.17, 15) is 9.90 Å². The summed E-state index contributed by atoms with van der Waals surface area (Å²) in [5.41, 5.74) is 3.22. The van der Waals surface area contributed by atoms with E-state index in [1.165, 1.54) is 11.1 Å². The highest BCUT2D eigenvalue weighted by molar-refractivity contribution is 5.94. The number of hydrogen-bond acceptors (Lipinski definition) is 5. The van der Waals surface area contributed by atoms with E-state index in [0.717, 1.165) is 32.5 Å². The molecule has 1 aliphatic rings. The van der Waals surface area contributed by atoms with Crippen LogP contribution in [0, 0.1) is 0 Å². The van der Waals surface area contributed by atoms with Crippen LogP contribution in [0.2, 0.25) is 0 Å². The summed E-state index contributed by atoms with van der Waals surface area (Å²) in [5.74, 6) is 1.19. The molecule has 0 amide bonds. The average molecular weight is 426 g/mol. The lowest BCUT2D eigenvalue weighted by Crippen LogP contribution is -2.39. The highest BCUT2D eigenvalue weighted by Crippen LogP contribution is 2.19. The summed E-state index contributed by atoms with van der Waals surface area (Å²) in [5, 5.41) is 10.6. The number of rotatable bonds is 11. The van der Waals surface area contributed by atoms with E-state index in [1.807, 2.05) is 0 Å². The van der Waals surface area contributed by atoms with Crippen molar-refractivity contribution in [3.8, 4) is 5.75 Å². The van der Waals surface area contributed by atoms with Crippen molar-refractivity contribution in [2.75, 3.05) is 26.3 Å². The molecule has 5 heteroatoms. The second-order valence-electron chi connectivity index (χ2n) is 8.77. The Morgan fingerprint density at radius 2 is 1.87 bits per heavy atom. The van der Waals surface area contributed by atoms with Crippen molar-refractivity contribution in [2.24, 2.45) is 0 Å². The molecule has 2 atom stereocenters. The van der Waals surface area contributed by atoms with Gasteiger partial charge in [0.15, 0.2) is 5.78 Å². The molecule has 168 valence electrons. The number of carbonyl (C=O) groups is 1. The summed E-state index contributed by atoms with van der Waals surface area (Å²) < 4.78 is 11.6. The van der Waals surface area contributed by atoms with Gasteiger partial charge in [0.1, 0.15) is 18.5 Å². The maximum Gasteiger partial charge on any atom is 0.159 e. The molecule has 5 nitrogen and oxygen atoms in total. The van der Waals surface area contributed by atoms with Gasteiger partial charge in [-0.25, -0.2) is 0 Å². The van der Waals surface area contributed by atoms with Crippen molar-refractivity contribution >= 4 is 5.78 Å². The molecule has 0 aromatic heterocycles. The van der Waals surface area contributed by atoms with Gasteiger partial charge in [0.05, 0.1) is 6.10 Å². The predicted molar refractivity (Wildman–Crippen MR) is 123 cm³/mol. The van der Waals surface area contributed by atoms with Gasteiger partial charge in [-0.15, -0.1) is 0 Å². The summed E-state index contributed by atoms with van der Waals surface area (Å²) in [6.07, 6.45) is 1.77. The van der Waals surface area contributed by atoms with Gasteiger partial charge in [-0.2, -0.15) is 0 Å². The molecule has 2 aromatic rings. The molecular weight excluding hydrogens is 390 g/mol. The standard InChI is InChI=1S/C26H35NO4/c1-19(2)22-8-6-21(7-9-22)15-27(17-26-5-4-14-30-26)16-24(29)18-31-25-12-10-23(11-13-25)20(3)28/h6-13,19,24,26,29H,4-5,14-18H2,1-3H3. The molecule has 2 aromatic carbocycles. The van der Waals surface area contributed by atoms with Gasteiger partial charge in [-0.1, -0.05) is 38.1 Å². The smallest absolute Gasteiger partial charge is 0.159 e. The summed E-state index contributed by atoms with van der Waals surface area (Å²) in [6, 6.07) is 15.8. The first kappa shape index (κ1) is 23.5. The van der Waals surface area contributed by atoms with E-state index in [0.29, 0.717) is 23.8 Å². The number of nitrogens with zero attached hydrogens (tertiary/aromatic N) is 1. The first-order valence-electron chi connectivity index (χ1n) is 11.3. The molecule has 1 aliphatic heterocycles. The van der Waals surface area contributed by atoms with Crippen LogP contribution in [0.4, 0.5) is 0 Å². The number of benzene rings is 2. The van der Waals surface area contributed by atoms with Crippen LogP contribution in [0.5, 0.6) is 5.75 Å². The molecule has 0 bridgehead atoms. The number of ketones is 1. The first-order chi connectivity index (χ1) is 14.9. The number of aliphatic hydroxyl groups excluding tert-OH is 1. The van der Waals surface area contributed by atoms with Gasteiger partial charge in [0.2, 0.25) is 0 Å². The molecule has 2 unspecified atom stereocenters. The summed E-state index contributed by atoms with van der Waals surface area (Å²) in [7, 11) is 0. The third-order valence-corrected chi connectivity index (χ3v) is 5.71. The lowest BCUT2D eigenvalue weighted by atomic mass is 10.0. The molecule has 0 aliphatic carbocycles. The van der Waals surface area contributed by atoms with Crippen LogP contribution in [0.15, 0.2) is 48.5 Å². The summed E-state index contributed by atoms with van der Waals surface area (Å²) >= 11 is 0. The summed E-state index contributed by atoms with van der Waals surface area (Å²) in [6.45, 7) is 9.04. The minimum absolute atomic E-state index is 0.0257. The molecule has 1 fully saturated rings. The molecule has 3 rings (SSSR count). The van der Waals surface area contributed by atoms with Crippen molar-refractivity contribution in [3.63, 3.8) is 0 Å². The van der Waals surface area contributed by atoms with Crippen LogP contribution in [0.3, 0.4) is 0 Å². The van der Waals surface area contributed by atoms with Crippen LogP contribution < -0.4 is 4.74 Å². The van der Waals surface area contributed by atoms with E-state index < -0.39 is 6.10 Å². The Hall–Kier alpha value is -2.21. The number of Topliss-reactive ketones (excluding diaryl/α,β-unsaturated/α-hetero) is 1. The maximum atomic E-state index is 11.4. The lowest BCUT2D eigenvalue weighted by Gasteiger charge is -2.27. The van der Waals surface area contributed by atoms with Crippen molar-refractivity contribution in [3.05, 3.63) is 65.2 Å². The van der Waals surface area contributed by atoms with Crippen molar-refractivity contribution in [2.45, 2.75) is 58.3 Å². The van der Waals surface area contributed by atoms with Gasteiger partial charge in [0.25, 0.3) is 0 Å². The number of hydrogen-bond donors (Lipinski definition) is 1. The number of carbonyl (C=O) groups excluding carboxylic acids is 1. The van der Waals surface area contributed by atoms with E-state index in [-0.39, 0.29) is 18.5 Å². The van der Waals surface area contributed by atoms with Gasteiger partial charge in [-0.3, -0.25) is 9.69 Å². The van der Waals surface area contributed by atoms with Crippen molar-refractivity contribution < 1.29 is 19.4 Å². The van der Waals surface area contributed by atoms with Crippen LogP contribution in [-0.4, -0.2) is 54.3 Å². The van der Waals surface area contributed by atoms with Gasteiger partial charge >= 0.3 is 0 Å². The first-order valence-corrected chi connectivity index (χ1v) is 11.3. The Kier molecular flexibility index (Phi) is 8.64. The molecule has 1 heterocycles. The fraction of sp³-hybridized carbons (Fsp3) is 0.500. The van der Waals surface area contributed by atoms with Crippen LogP contribution >= 0.6 is 0 Å². The quantitative estimate of drug-likeness (QED) is 0.540. The number of ether oxygens (including phenoxy) is 2. The molecule has 0 spiro atoms. The third kappa shape index (κ3) is 7.46. The Morgan fingerprint density at radius 1 is 1.16 bits per heavy atom. The Labute approximate surface area is 186 Å². The molecule has 1 saturated heterocycles. The fourth-order valence-electron chi connectivity index (χ4n) is 3.88. The lowest BCUT2D eigenvalue weighted by molar-refractivity contribution is 0.0313. The average Bonchev–Trinajstić information content (AvgIpc) is 3.26. The van der Waals surface area contributed by atoms with E-state index in [1.54, 1.807) is 31.2 Å². The van der Waals surface area contributed by atoms with Gasteiger partial charge < -0.3 is 14.6 Å². The zero-order chi connectivity index (χ0) is 22.2.